The molecule has 2 bridgehead atoms. The lowest BCUT2D eigenvalue weighted by Crippen LogP contribution is -2.47. The van der Waals surface area contributed by atoms with E-state index in [0.717, 1.165) is 50.1 Å². The zero-order valence-corrected chi connectivity index (χ0v) is 15.6. The maximum atomic E-state index is 13.1. The summed E-state index contributed by atoms with van der Waals surface area (Å²) in [5, 5.41) is 10.2. The molecule has 3 saturated heterocycles. The number of fused-ring (bicyclic) bond motifs is 4. The SMILES string of the molecule is Cc1ccc(O)c(C(=O)N2C[C@H]3CC[C@@H]2CN(Cc2ccc(F)cc2)C3)c1. The van der Waals surface area contributed by atoms with E-state index < -0.39 is 0 Å². The highest BCUT2D eigenvalue weighted by Crippen LogP contribution is 2.31. The van der Waals surface area contributed by atoms with Gasteiger partial charge in [0.15, 0.2) is 0 Å². The van der Waals surface area contributed by atoms with Crippen LogP contribution in [0, 0.1) is 18.7 Å². The Bertz CT molecular complexity index is 837. The Morgan fingerprint density at radius 3 is 2.67 bits per heavy atom. The van der Waals surface area contributed by atoms with Crippen molar-refractivity contribution in [2.24, 2.45) is 5.92 Å². The quantitative estimate of drug-likeness (QED) is 0.901. The smallest absolute Gasteiger partial charge is 0.257 e. The van der Waals surface area contributed by atoms with Gasteiger partial charge >= 0.3 is 0 Å². The Morgan fingerprint density at radius 1 is 1.11 bits per heavy atom. The molecular weight excluding hydrogens is 343 g/mol. The number of carbonyl (C=O) groups is 1. The highest BCUT2D eigenvalue weighted by atomic mass is 19.1. The lowest BCUT2D eigenvalue weighted by atomic mass is 9.94. The number of aromatic hydroxyl groups is 1. The van der Waals surface area contributed by atoms with E-state index in [1.54, 1.807) is 12.1 Å². The summed E-state index contributed by atoms with van der Waals surface area (Å²) in [5.74, 6) is 0.188. The van der Waals surface area contributed by atoms with E-state index in [4.69, 9.17) is 0 Å². The van der Waals surface area contributed by atoms with Gasteiger partial charge in [-0.05, 0) is 55.5 Å². The third-order valence-corrected chi connectivity index (χ3v) is 5.75. The topological polar surface area (TPSA) is 43.8 Å². The molecule has 5 heteroatoms. The molecule has 0 spiro atoms. The van der Waals surface area contributed by atoms with E-state index in [-0.39, 0.29) is 23.5 Å². The van der Waals surface area contributed by atoms with E-state index in [9.17, 15) is 14.3 Å². The third-order valence-electron chi connectivity index (χ3n) is 5.75. The normalized spacial score (nSPS) is 22.7. The molecule has 1 N–H and O–H groups in total. The summed E-state index contributed by atoms with van der Waals surface area (Å²) in [5.41, 5.74) is 2.45. The van der Waals surface area contributed by atoms with Crippen molar-refractivity contribution < 1.29 is 14.3 Å². The molecule has 2 aromatic rings. The zero-order chi connectivity index (χ0) is 19.0. The Balaban J connectivity index is 1.51. The molecule has 4 nitrogen and oxygen atoms in total. The Morgan fingerprint density at radius 2 is 1.89 bits per heavy atom. The van der Waals surface area contributed by atoms with Gasteiger partial charge in [-0.1, -0.05) is 23.8 Å². The number of rotatable bonds is 3. The first-order valence-electron chi connectivity index (χ1n) is 9.57. The van der Waals surface area contributed by atoms with Gasteiger partial charge in [0.2, 0.25) is 0 Å². The minimum absolute atomic E-state index is 0.0499. The second-order valence-electron chi connectivity index (χ2n) is 7.90. The van der Waals surface area contributed by atoms with Gasteiger partial charge in [-0.25, -0.2) is 4.39 Å². The Hall–Kier alpha value is -2.40. The summed E-state index contributed by atoms with van der Waals surface area (Å²) >= 11 is 0. The van der Waals surface area contributed by atoms with Gasteiger partial charge < -0.3 is 10.0 Å². The summed E-state index contributed by atoms with van der Waals surface area (Å²) in [4.78, 5) is 17.4. The van der Waals surface area contributed by atoms with Gasteiger partial charge in [0.25, 0.3) is 5.91 Å². The summed E-state index contributed by atoms with van der Waals surface area (Å²) in [6.07, 6.45) is 2.11. The number of aryl methyl sites for hydroxylation is 1. The van der Waals surface area contributed by atoms with Crippen LogP contribution < -0.4 is 0 Å². The van der Waals surface area contributed by atoms with Crippen molar-refractivity contribution in [1.29, 1.82) is 0 Å². The molecule has 27 heavy (non-hydrogen) atoms. The average Bonchev–Trinajstić information content (AvgIpc) is 2.95. The van der Waals surface area contributed by atoms with Crippen LogP contribution in [0.3, 0.4) is 0 Å². The van der Waals surface area contributed by atoms with Crippen molar-refractivity contribution in [2.75, 3.05) is 19.6 Å². The fraction of sp³-hybridized carbons (Fsp3) is 0.409. The molecule has 2 atom stereocenters. The van der Waals surface area contributed by atoms with Crippen LogP contribution in [-0.4, -0.2) is 46.5 Å². The number of halogens is 1. The van der Waals surface area contributed by atoms with Gasteiger partial charge in [0.05, 0.1) is 5.56 Å². The number of carbonyl (C=O) groups excluding carboxylic acids is 1. The fourth-order valence-electron chi connectivity index (χ4n) is 4.38. The van der Waals surface area contributed by atoms with Crippen molar-refractivity contribution in [3.63, 3.8) is 0 Å². The van der Waals surface area contributed by atoms with Crippen molar-refractivity contribution in [3.8, 4) is 5.75 Å². The Kier molecular flexibility index (Phi) is 4.87. The van der Waals surface area contributed by atoms with E-state index in [1.807, 2.05) is 30.0 Å². The zero-order valence-electron chi connectivity index (χ0n) is 15.6. The predicted molar refractivity (Wildman–Crippen MR) is 102 cm³/mol. The van der Waals surface area contributed by atoms with Crippen LogP contribution in [0.15, 0.2) is 42.5 Å². The number of phenolic OH excluding ortho intramolecular Hbond substituents is 1. The van der Waals surface area contributed by atoms with E-state index in [2.05, 4.69) is 4.90 Å². The number of benzene rings is 2. The molecule has 0 radical (unpaired) electrons. The first-order valence-corrected chi connectivity index (χ1v) is 9.57. The Labute approximate surface area is 159 Å². The molecule has 3 aliphatic rings. The van der Waals surface area contributed by atoms with Crippen LogP contribution in [0.1, 0.15) is 34.3 Å². The molecule has 1 amide bonds. The molecule has 2 aromatic carbocycles. The molecule has 3 aliphatic heterocycles. The number of piperidine rings is 1. The first kappa shape index (κ1) is 18.0. The second kappa shape index (κ2) is 7.31. The fourth-order valence-corrected chi connectivity index (χ4v) is 4.38. The monoisotopic (exact) mass is 368 g/mol. The number of amides is 1. The van der Waals surface area contributed by atoms with Crippen LogP contribution in [0.5, 0.6) is 5.75 Å². The van der Waals surface area contributed by atoms with E-state index >= 15 is 0 Å². The number of hydrogen-bond acceptors (Lipinski definition) is 3. The predicted octanol–water partition coefficient (Wildman–Crippen LogP) is 3.58. The number of nitrogens with zero attached hydrogens (tertiary/aromatic N) is 2. The van der Waals surface area contributed by atoms with Crippen molar-refractivity contribution in [2.45, 2.75) is 32.4 Å². The molecule has 0 unspecified atom stereocenters. The highest BCUT2D eigenvalue weighted by molar-refractivity contribution is 5.97. The molecule has 5 rings (SSSR count). The van der Waals surface area contributed by atoms with Gasteiger partial charge in [0, 0.05) is 32.2 Å². The van der Waals surface area contributed by atoms with Gasteiger partial charge in [-0.15, -0.1) is 0 Å². The lowest BCUT2D eigenvalue weighted by molar-refractivity contribution is 0.0582. The largest absolute Gasteiger partial charge is 0.507 e. The standard InChI is InChI=1S/C22H25FN2O2/c1-15-2-9-21(26)20(10-15)22(27)25-13-17-5-8-19(25)14-24(12-17)11-16-3-6-18(23)7-4-16/h2-4,6-7,9-10,17,19,26H,5,8,11-14H2,1H3/t17-,19+/m0/s1. The summed E-state index contributed by atoms with van der Waals surface area (Å²) in [6, 6.07) is 12.0. The molecule has 0 aromatic heterocycles. The van der Waals surface area contributed by atoms with Crippen LogP contribution in [-0.2, 0) is 6.54 Å². The summed E-state index contributed by atoms with van der Waals surface area (Å²) < 4.78 is 13.1. The van der Waals surface area contributed by atoms with Crippen molar-refractivity contribution >= 4 is 5.91 Å². The molecule has 3 heterocycles. The van der Waals surface area contributed by atoms with Crippen molar-refractivity contribution in [1.82, 2.24) is 9.80 Å². The number of phenols is 1. The van der Waals surface area contributed by atoms with E-state index in [1.165, 1.54) is 12.1 Å². The molecular formula is C22H25FN2O2. The minimum atomic E-state index is -0.218. The minimum Gasteiger partial charge on any atom is -0.507 e. The van der Waals surface area contributed by atoms with Crippen molar-refractivity contribution in [3.05, 3.63) is 65.0 Å². The molecule has 0 aliphatic carbocycles. The number of hydrogen-bond donors (Lipinski definition) is 1. The summed E-state index contributed by atoms with van der Waals surface area (Å²) in [6.45, 7) is 5.18. The third kappa shape index (κ3) is 3.83. The van der Waals surface area contributed by atoms with Crippen LogP contribution >= 0.6 is 0 Å². The maximum absolute atomic E-state index is 13.1. The van der Waals surface area contributed by atoms with Gasteiger partial charge in [-0.2, -0.15) is 0 Å². The molecule has 142 valence electrons. The molecule has 3 fully saturated rings. The van der Waals surface area contributed by atoms with Crippen LogP contribution in [0.2, 0.25) is 0 Å². The van der Waals surface area contributed by atoms with Gasteiger partial charge in [-0.3, -0.25) is 9.69 Å². The average molecular weight is 368 g/mol. The van der Waals surface area contributed by atoms with E-state index in [0.29, 0.717) is 11.5 Å². The lowest BCUT2D eigenvalue weighted by Gasteiger charge is -2.36. The maximum Gasteiger partial charge on any atom is 0.257 e. The van der Waals surface area contributed by atoms with Gasteiger partial charge in [0.1, 0.15) is 11.6 Å². The second-order valence-corrected chi connectivity index (χ2v) is 7.90. The van der Waals surface area contributed by atoms with Crippen LogP contribution in [0.4, 0.5) is 4.39 Å². The first-order chi connectivity index (χ1) is 13.0. The van der Waals surface area contributed by atoms with Crippen LogP contribution in [0.25, 0.3) is 0 Å². The molecule has 0 saturated carbocycles. The highest BCUT2D eigenvalue weighted by Gasteiger charge is 2.38. The summed E-state index contributed by atoms with van der Waals surface area (Å²) in [7, 11) is 0.